The number of hydrogen-bond acceptors (Lipinski definition) is 2. The lowest BCUT2D eigenvalue weighted by Crippen LogP contribution is -2.15. The summed E-state index contributed by atoms with van der Waals surface area (Å²) in [5.74, 6) is 1.24. The molecular formula is C23H24N2. The minimum absolute atomic E-state index is 0.0187. The monoisotopic (exact) mass is 328 g/mol. The van der Waals surface area contributed by atoms with E-state index >= 15 is 0 Å². The standard InChI is InChI=1S/C23H24N2/c1-14(2)21-13-22(25-15(3)24-21)16-10-11-18-17-8-6-7-9-19(17)23(4,5)20(18)12-16/h6-14H,1-5H3. The zero-order chi connectivity index (χ0) is 17.8. The van der Waals surface area contributed by atoms with Crippen LogP contribution in [0.4, 0.5) is 0 Å². The molecule has 0 unspecified atom stereocenters. The maximum absolute atomic E-state index is 4.70. The van der Waals surface area contributed by atoms with E-state index in [1.54, 1.807) is 0 Å². The first kappa shape index (κ1) is 16.0. The number of benzene rings is 2. The van der Waals surface area contributed by atoms with E-state index in [0.29, 0.717) is 5.92 Å². The molecule has 3 aromatic rings. The van der Waals surface area contributed by atoms with Crippen molar-refractivity contribution >= 4 is 0 Å². The van der Waals surface area contributed by atoms with E-state index in [9.17, 15) is 0 Å². The summed E-state index contributed by atoms with van der Waals surface area (Å²) in [6.07, 6.45) is 0. The molecule has 2 nitrogen and oxygen atoms in total. The molecule has 1 aromatic heterocycles. The van der Waals surface area contributed by atoms with Gasteiger partial charge in [-0.15, -0.1) is 0 Å². The summed E-state index contributed by atoms with van der Waals surface area (Å²) in [5, 5.41) is 0. The van der Waals surface area contributed by atoms with Crippen LogP contribution in [0.1, 0.15) is 56.3 Å². The molecule has 0 radical (unpaired) electrons. The highest BCUT2D eigenvalue weighted by Crippen LogP contribution is 2.49. The Labute approximate surface area is 150 Å². The maximum atomic E-state index is 4.70. The fourth-order valence-corrected chi connectivity index (χ4v) is 3.90. The average Bonchev–Trinajstić information content (AvgIpc) is 2.82. The quantitative estimate of drug-likeness (QED) is 0.587. The minimum atomic E-state index is 0.0187. The Kier molecular flexibility index (Phi) is 3.54. The van der Waals surface area contributed by atoms with Crippen molar-refractivity contribution in [3.05, 3.63) is 71.2 Å². The minimum Gasteiger partial charge on any atom is -0.238 e. The van der Waals surface area contributed by atoms with Gasteiger partial charge in [0, 0.05) is 16.7 Å². The van der Waals surface area contributed by atoms with Crippen molar-refractivity contribution in [2.75, 3.05) is 0 Å². The number of aromatic nitrogens is 2. The number of rotatable bonds is 2. The molecule has 1 heterocycles. The van der Waals surface area contributed by atoms with Crippen LogP contribution in [0, 0.1) is 6.92 Å². The molecule has 0 N–H and O–H groups in total. The van der Waals surface area contributed by atoms with E-state index in [-0.39, 0.29) is 5.41 Å². The van der Waals surface area contributed by atoms with Gasteiger partial charge in [0.05, 0.1) is 5.69 Å². The molecule has 2 heteroatoms. The fourth-order valence-electron chi connectivity index (χ4n) is 3.90. The van der Waals surface area contributed by atoms with Gasteiger partial charge < -0.3 is 0 Å². The molecule has 4 rings (SSSR count). The van der Waals surface area contributed by atoms with Crippen molar-refractivity contribution in [1.29, 1.82) is 0 Å². The Morgan fingerprint density at radius 1 is 0.840 bits per heavy atom. The lowest BCUT2D eigenvalue weighted by Gasteiger charge is -2.22. The highest BCUT2D eigenvalue weighted by Gasteiger charge is 2.35. The third-order valence-electron chi connectivity index (χ3n) is 5.33. The zero-order valence-corrected chi connectivity index (χ0v) is 15.6. The van der Waals surface area contributed by atoms with Crippen LogP contribution in [0.3, 0.4) is 0 Å². The molecule has 0 saturated heterocycles. The molecule has 1 aliphatic rings. The second-order valence-corrected chi connectivity index (χ2v) is 7.81. The predicted molar refractivity (Wildman–Crippen MR) is 104 cm³/mol. The van der Waals surface area contributed by atoms with Crippen LogP contribution in [0.5, 0.6) is 0 Å². The smallest absolute Gasteiger partial charge is 0.126 e. The Morgan fingerprint density at radius 2 is 1.56 bits per heavy atom. The van der Waals surface area contributed by atoms with E-state index in [4.69, 9.17) is 4.98 Å². The molecule has 0 bridgehead atoms. The molecule has 1 aliphatic carbocycles. The van der Waals surface area contributed by atoms with E-state index < -0.39 is 0 Å². The highest BCUT2D eigenvalue weighted by molar-refractivity contribution is 5.83. The van der Waals surface area contributed by atoms with Crippen molar-refractivity contribution in [1.82, 2.24) is 9.97 Å². The van der Waals surface area contributed by atoms with E-state index in [1.807, 2.05) is 6.92 Å². The zero-order valence-electron chi connectivity index (χ0n) is 15.6. The summed E-state index contributed by atoms with van der Waals surface area (Å²) in [4.78, 5) is 9.28. The Hall–Kier alpha value is -2.48. The Balaban J connectivity index is 1.88. The predicted octanol–water partition coefficient (Wildman–Crippen LogP) is 5.88. The molecule has 0 atom stereocenters. The number of fused-ring (bicyclic) bond motifs is 3. The van der Waals surface area contributed by atoms with Crippen molar-refractivity contribution < 1.29 is 0 Å². The largest absolute Gasteiger partial charge is 0.238 e. The van der Waals surface area contributed by atoms with Crippen LogP contribution in [0.2, 0.25) is 0 Å². The summed E-state index contributed by atoms with van der Waals surface area (Å²) in [7, 11) is 0. The summed E-state index contributed by atoms with van der Waals surface area (Å²) >= 11 is 0. The summed E-state index contributed by atoms with van der Waals surface area (Å²) in [5.41, 5.74) is 8.81. The van der Waals surface area contributed by atoms with Gasteiger partial charge >= 0.3 is 0 Å². The van der Waals surface area contributed by atoms with Crippen LogP contribution in [0.15, 0.2) is 48.5 Å². The van der Waals surface area contributed by atoms with Gasteiger partial charge in [0.2, 0.25) is 0 Å². The highest BCUT2D eigenvalue weighted by atomic mass is 14.9. The van der Waals surface area contributed by atoms with Crippen LogP contribution in [-0.4, -0.2) is 9.97 Å². The first-order valence-corrected chi connectivity index (χ1v) is 8.98. The normalized spacial score (nSPS) is 14.5. The second kappa shape index (κ2) is 5.52. The fraction of sp³-hybridized carbons (Fsp3) is 0.304. The molecule has 2 aromatic carbocycles. The van der Waals surface area contributed by atoms with Crippen LogP contribution in [0.25, 0.3) is 22.4 Å². The molecule has 25 heavy (non-hydrogen) atoms. The first-order chi connectivity index (χ1) is 11.9. The Morgan fingerprint density at radius 3 is 2.32 bits per heavy atom. The van der Waals surface area contributed by atoms with E-state index in [0.717, 1.165) is 17.2 Å². The Bertz CT molecular complexity index is 968. The second-order valence-electron chi connectivity index (χ2n) is 7.81. The van der Waals surface area contributed by atoms with Gasteiger partial charge in [0.1, 0.15) is 5.82 Å². The lowest BCUT2D eigenvalue weighted by molar-refractivity contribution is 0.660. The van der Waals surface area contributed by atoms with Gasteiger partial charge in [-0.2, -0.15) is 0 Å². The molecule has 0 aliphatic heterocycles. The lowest BCUT2D eigenvalue weighted by atomic mass is 9.82. The van der Waals surface area contributed by atoms with E-state index in [2.05, 4.69) is 81.2 Å². The molecular weight excluding hydrogens is 304 g/mol. The van der Waals surface area contributed by atoms with Gasteiger partial charge in [-0.3, -0.25) is 0 Å². The van der Waals surface area contributed by atoms with Gasteiger partial charge in [-0.25, -0.2) is 9.97 Å². The van der Waals surface area contributed by atoms with Crippen molar-refractivity contribution in [3.8, 4) is 22.4 Å². The van der Waals surface area contributed by atoms with Crippen LogP contribution in [-0.2, 0) is 5.41 Å². The maximum Gasteiger partial charge on any atom is 0.126 e. The van der Waals surface area contributed by atoms with E-state index in [1.165, 1.54) is 27.8 Å². The summed E-state index contributed by atoms with van der Waals surface area (Å²) < 4.78 is 0. The van der Waals surface area contributed by atoms with Gasteiger partial charge in [-0.05, 0) is 47.2 Å². The third kappa shape index (κ3) is 2.48. The van der Waals surface area contributed by atoms with Gasteiger partial charge in [-0.1, -0.05) is 64.1 Å². The molecule has 0 spiro atoms. The average molecular weight is 328 g/mol. The summed E-state index contributed by atoms with van der Waals surface area (Å²) in [6.45, 7) is 10.9. The number of nitrogens with zero attached hydrogens (tertiary/aromatic N) is 2. The van der Waals surface area contributed by atoms with Crippen LogP contribution < -0.4 is 0 Å². The number of aryl methyl sites for hydroxylation is 1. The molecule has 0 amide bonds. The van der Waals surface area contributed by atoms with Gasteiger partial charge in [0.25, 0.3) is 0 Å². The summed E-state index contributed by atoms with van der Waals surface area (Å²) in [6, 6.07) is 17.6. The topological polar surface area (TPSA) is 25.8 Å². The van der Waals surface area contributed by atoms with Crippen LogP contribution >= 0.6 is 0 Å². The first-order valence-electron chi connectivity index (χ1n) is 8.98. The molecule has 126 valence electrons. The molecule has 0 saturated carbocycles. The van der Waals surface area contributed by atoms with Gasteiger partial charge in [0.15, 0.2) is 0 Å². The number of hydrogen-bond donors (Lipinski definition) is 0. The van der Waals surface area contributed by atoms with Crippen molar-refractivity contribution in [2.45, 2.75) is 46.0 Å². The third-order valence-corrected chi connectivity index (χ3v) is 5.33. The molecule has 0 fully saturated rings. The van der Waals surface area contributed by atoms with Crippen molar-refractivity contribution in [3.63, 3.8) is 0 Å². The SMILES string of the molecule is Cc1nc(-c2ccc3c(c2)C(C)(C)c2ccccc2-3)cc(C(C)C)n1. The van der Waals surface area contributed by atoms with Crippen molar-refractivity contribution in [2.24, 2.45) is 0 Å².